The quantitative estimate of drug-likeness (QED) is 0.799. The molecule has 102 valence electrons. The van der Waals surface area contributed by atoms with Crippen molar-refractivity contribution >= 4 is 0 Å². The van der Waals surface area contributed by atoms with Crippen LogP contribution in [0.15, 0.2) is 0 Å². The summed E-state index contributed by atoms with van der Waals surface area (Å²) in [6.45, 7) is 5.94. The van der Waals surface area contributed by atoms with Crippen LogP contribution in [0.5, 0.6) is 0 Å². The molecule has 0 amide bonds. The van der Waals surface area contributed by atoms with Crippen molar-refractivity contribution in [2.24, 2.45) is 35.0 Å². The maximum absolute atomic E-state index is 3.69. The first-order valence-corrected chi connectivity index (χ1v) is 8.43. The summed E-state index contributed by atoms with van der Waals surface area (Å²) in [5.74, 6) is 5.39. The lowest BCUT2D eigenvalue weighted by Gasteiger charge is -2.64. The number of hydrogen-bond acceptors (Lipinski definition) is 1. The van der Waals surface area contributed by atoms with E-state index in [0.717, 1.165) is 47.6 Å². The minimum atomic E-state index is 0.806. The highest BCUT2D eigenvalue weighted by Gasteiger charge is 2.58. The summed E-state index contributed by atoms with van der Waals surface area (Å²) in [6, 6.07) is 0.841. The standard InChI is InChI=1S/C17H29N/c1-3-18-16-7-15(11(16)2)17-8-12-4-13(9-17)6-14(5-12)10-17/h11-16,18H,3-10H2,1-2H3. The smallest absolute Gasteiger partial charge is 0.00983 e. The number of nitrogens with one attached hydrogen (secondary N) is 1. The minimum Gasteiger partial charge on any atom is -0.314 e. The van der Waals surface area contributed by atoms with Gasteiger partial charge < -0.3 is 5.32 Å². The lowest BCUT2D eigenvalue weighted by Crippen LogP contribution is -2.59. The zero-order chi connectivity index (χ0) is 12.3. The molecule has 0 aromatic rings. The molecule has 0 radical (unpaired) electrons. The van der Waals surface area contributed by atoms with Crippen LogP contribution in [0.2, 0.25) is 0 Å². The van der Waals surface area contributed by atoms with Gasteiger partial charge in [-0.1, -0.05) is 13.8 Å². The van der Waals surface area contributed by atoms with Gasteiger partial charge in [-0.25, -0.2) is 0 Å². The lowest BCUT2D eigenvalue weighted by atomic mass is 9.42. The molecule has 0 spiro atoms. The molecule has 5 aliphatic carbocycles. The van der Waals surface area contributed by atoms with Gasteiger partial charge in [0.1, 0.15) is 0 Å². The predicted molar refractivity (Wildman–Crippen MR) is 75.3 cm³/mol. The van der Waals surface area contributed by atoms with Crippen molar-refractivity contribution in [1.29, 1.82) is 0 Å². The van der Waals surface area contributed by atoms with Crippen LogP contribution in [0.25, 0.3) is 0 Å². The second-order valence-corrected chi connectivity index (χ2v) is 8.15. The Hall–Kier alpha value is -0.0400. The largest absolute Gasteiger partial charge is 0.314 e. The molecule has 5 rings (SSSR count). The van der Waals surface area contributed by atoms with Crippen molar-refractivity contribution in [2.75, 3.05) is 6.54 Å². The molecule has 0 aromatic carbocycles. The summed E-state index contributed by atoms with van der Waals surface area (Å²) >= 11 is 0. The Balaban J connectivity index is 1.51. The Labute approximate surface area is 112 Å². The van der Waals surface area contributed by atoms with Gasteiger partial charge in [0, 0.05) is 6.04 Å². The highest BCUT2D eigenvalue weighted by atomic mass is 14.9. The summed E-state index contributed by atoms with van der Waals surface area (Å²) in [4.78, 5) is 0. The molecule has 0 saturated heterocycles. The number of rotatable bonds is 3. The topological polar surface area (TPSA) is 12.0 Å². The maximum Gasteiger partial charge on any atom is 0.00983 e. The summed E-state index contributed by atoms with van der Waals surface area (Å²) < 4.78 is 0. The van der Waals surface area contributed by atoms with E-state index in [1.54, 1.807) is 38.5 Å². The number of hydrogen-bond donors (Lipinski definition) is 1. The van der Waals surface area contributed by atoms with Gasteiger partial charge in [-0.2, -0.15) is 0 Å². The van der Waals surface area contributed by atoms with Crippen LogP contribution in [0.3, 0.4) is 0 Å². The fourth-order valence-corrected chi connectivity index (χ4v) is 6.76. The molecule has 18 heavy (non-hydrogen) atoms. The molecular formula is C17H29N. The summed E-state index contributed by atoms with van der Waals surface area (Å²) in [5.41, 5.74) is 0.806. The normalized spacial score (nSPS) is 57.7. The monoisotopic (exact) mass is 247 g/mol. The average Bonchev–Trinajstić information content (AvgIpc) is 2.31. The van der Waals surface area contributed by atoms with Crippen LogP contribution in [-0.4, -0.2) is 12.6 Å². The first kappa shape index (κ1) is 11.8. The predicted octanol–water partition coefficient (Wildman–Crippen LogP) is 3.84. The molecule has 0 aliphatic heterocycles. The van der Waals surface area contributed by atoms with E-state index in [0.29, 0.717) is 0 Å². The zero-order valence-electron chi connectivity index (χ0n) is 12.1. The van der Waals surface area contributed by atoms with Gasteiger partial charge in [0.05, 0.1) is 0 Å². The van der Waals surface area contributed by atoms with E-state index in [9.17, 15) is 0 Å². The van der Waals surface area contributed by atoms with Gasteiger partial charge in [0.15, 0.2) is 0 Å². The molecule has 0 heterocycles. The van der Waals surface area contributed by atoms with E-state index >= 15 is 0 Å². The van der Waals surface area contributed by atoms with Crippen molar-refractivity contribution < 1.29 is 0 Å². The molecule has 0 aromatic heterocycles. The molecule has 3 unspecified atom stereocenters. The highest BCUT2D eigenvalue weighted by molar-refractivity contribution is 5.09. The van der Waals surface area contributed by atoms with Gasteiger partial charge in [-0.15, -0.1) is 0 Å². The molecule has 1 nitrogen and oxygen atoms in total. The van der Waals surface area contributed by atoms with Gasteiger partial charge in [0.25, 0.3) is 0 Å². The van der Waals surface area contributed by atoms with Crippen LogP contribution in [-0.2, 0) is 0 Å². The van der Waals surface area contributed by atoms with Crippen molar-refractivity contribution in [2.45, 2.75) is 64.8 Å². The second kappa shape index (κ2) is 3.98. The van der Waals surface area contributed by atoms with Crippen molar-refractivity contribution in [3.8, 4) is 0 Å². The van der Waals surface area contributed by atoms with Crippen LogP contribution in [0, 0.1) is 35.0 Å². The average molecular weight is 247 g/mol. The van der Waals surface area contributed by atoms with E-state index in [1.165, 1.54) is 6.42 Å². The second-order valence-electron chi connectivity index (χ2n) is 8.15. The van der Waals surface area contributed by atoms with Crippen LogP contribution in [0.1, 0.15) is 58.8 Å². The van der Waals surface area contributed by atoms with Crippen LogP contribution < -0.4 is 5.32 Å². The molecule has 3 atom stereocenters. The first-order chi connectivity index (χ1) is 8.70. The summed E-state index contributed by atoms with van der Waals surface area (Å²) in [5, 5.41) is 3.69. The molecule has 1 heteroatoms. The SMILES string of the molecule is CCNC1CC(C23CC4CC(CC(C4)C2)C3)C1C. The molecule has 4 bridgehead atoms. The van der Waals surface area contributed by atoms with Crippen molar-refractivity contribution in [1.82, 2.24) is 5.32 Å². The third-order valence-electron chi connectivity index (χ3n) is 7.12. The van der Waals surface area contributed by atoms with E-state index in [2.05, 4.69) is 19.2 Å². The van der Waals surface area contributed by atoms with Crippen LogP contribution >= 0.6 is 0 Å². The lowest BCUT2D eigenvalue weighted by molar-refractivity contribution is -0.133. The fourth-order valence-electron chi connectivity index (χ4n) is 6.76. The Bertz CT molecular complexity index is 299. The maximum atomic E-state index is 3.69. The van der Waals surface area contributed by atoms with E-state index in [-0.39, 0.29) is 0 Å². The summed E-state index contributed by atoms with van der Waals surface area (Å²) in [7, 11) is 0. The van der Waals surface area contributed by atoms with Gasteiger partial charge in [0.2, 0.25) is 0 Å². The van der Waals surface area contributed by atoms with E-state index in [4.69, 9.17) is 0 Å². The third-order valence-corrected chi connectivity index (χ3v) is 7.12. The minimum absolute atomic E-state index is 0.806. The van der Waals surface area contributed by atoms with Gasteiger partial charge >= 0.3 is 0 Å². The molecule has 1 N–H and O–H groups in total. The molecular weight excluding hydrogens is 218 g/mol. The Kier molecular flexibility index (Phi) is 2.60. The van der Waals surface area contributed by atoms with E-state index in [1.807, 2.05) is 0 Å². The van der Waals surface area contributed by atoms with Gasteiger partial charge in [-0.3, -0.25) is 0 Å². The van der Waals surface area contributed by atoms with E-state index < -0.39 is 0 Å². The summed E-state index contributed by atoms with van der Waals surface area (Å²) in [6.07, 6.45) is 11.1. The zero-order valence-corrected chi connectivity index (χ0v) is 12.1. The van der Waals surface area contributed by atoms with Crippen molar-refractivity contribution in [3.63, 3.8) is 0 Å². The Morgan fingerprint density at radius 3 is 1.94 bits per heavy atom. The Morgan fingerprint density at radius 1 is 0.944 bits per heavy atom. The van der Waals surface area contributed by atoms with Crippen LogP contribution in [0.4, 0.5) is 0 Å². The fraction of sp³-hybridized carbons (Fsp3) is 1.00. The Morgan fingerprint density at radius 2 is 1.50 bits per heavy atom. The molecule has 5 saturated carbocycles. The van der Waals surface area contributed by atoms with Crippen molar-refractivity contribution in [3.05, 3.63) is 0 Å². The van der Waals surface area contributed by atoms with Gasteiger partial charge in [-0.05, 0) is 86.5 Å². The highest BCUT2D eigenvalue weighted by Crippen LogP contribution is 2.66. The first-order valence-electron chi connectivity index (χ1n) is 8.43. The third kappa shape index (κ3) is 1.55. The molecule has 5 fully saturated rings. The molecule has 5 aliphatic rings.